The average molecular weight is 371 g/mol. The first kappa shape index (κ1) is 17.1. The zero-order chi connectivity index (χ0) is 14.2. The number of aliphatic hydroxyl groups excluding tert-OH is 2. The van der Waals surface area contributed by atoms with E-state index in [2.05, 4.69) is 0 Å². The van der Waals surface area contributed by atoms with Crippen molar-refractivity contribution in [1.82, 2.24) is 0 Å². The standard InChI is InChI=1S/C6H5N3O9.Ag/c10-4-2(7(13)14)1-3(8(15)16)5(11)6(4,12)9(17)18;/h1,4,10-12H;. The molecule has 0 aromatic carbocycles. The summed E-state index contributed by atoms with van der Waals surface area (Å²) in [6.07, 6.45) is -2.61. The number of rotatable bonds is 3. The van der Waals surface area contributed by atoms with Crippen LogP contribution >= 0.6 is 0 Å². The number of nitro groups is 3. The molecule has 0 aromatic rings. The average Bonchev–Trinajstić information content (AvgIpc) is 2.24. The Labute approximate surface area is 118 Å². The van der Waals surface area contributed by atoms with Crippen LogP contribution in [-0.4, -0.2) is 41.9 Å². The molecular formula is C6H5AgN3O9. The Morgan fingerprint density at radius 1 is 1.16 bits per heavy atom. The molecule has 0 fully saturated rings. The molecule has 0 aromatic heterocycles. The van der Waals surface area contributed by atoms with Crippen LogP contribution in [0, 0.1) is 30.3 Å². The quantitative estimate of drug-likeness (QED) is 0.230. The van der Waals surface area contributed by atoms with Crippen molar-refractivity contribution in [1.29, 1.82) is 0 Å². The molecule has 2 atom stereocenters. The van der Waals surface area contributed by atoms with Crippen molar-refractivity contribution >= 4 is 0 Å². The van der Waals surface area contributed by atoms with Crippen LogP contribution in [0.2, 0.25) is 0 Å². The van der Waals surface area contributed by atoms with Crippen LogP contribution < -0.4 is 0 Å². The minimum absolute atomic E-state index is 0. The number of nitrogens with zero attached hydrogens (tertiary/aromatic N) is 3. The first-order valence-electron chi connectivity index (χ1n) is 4.13. The number of hydrogen-bond acceptors (Lipinski definition) is 9. The van der Waals surface area contributed by atoms with Gasteiger partial charge >= 0.3 is 11.4 Å². The summed E-state index contributed by atoms with van der Waals surface area (Å²) in [7, 11) is 0. The van der Waals surface area contributed by atoms with Crippen LogP contribution in [0.25, 0.3) is 0 Å². The van der Waals surface area contributed by atoms with E-state index in [1.54, 1.807) is 0 Å². The normalized spacial score (nSPS) is 26.2. The summed E-state index contributed by atoms with van der Waals surface area (Å²) in [4.78, 5) is 27.1. The van der Waals surface area contributed by atoms with Crippen LogP contribution in [0.5, 0.6) is 0 Å². The zero-order valence-electron chi connectivity index (χ0n) is 8.59. The van der Waals surface area contributed by atoms with Gasteiger partial charge in [-0.15, -0.1) is 0 Å². The molecule has 0 bridgehead atoms. The molecule has 12 nitrogen and oxygen atoms in total. The molecule has 0 heterocycles. The molecule has 0 amide bonds. The van der Waals surface area contributed by atoms with E-state index >= 15 is 0 Å². The Hall–Kier alpha value is -1.86. The number of allylic oxidation sites excluding steroid dienone is 1. The predicted octanol–water partition coefficient (Wildman–Crippen LogP) is -1.47. The Bertz CT molecular complexity index is 514. The first-order valence-corrected chi connectivity index (χ1v) is 4.13. The van der Waals surface area contributed by atoms with Crippen molar-refractivity contribution < 1.29 is 52.5 Å². The summed E-state index contributed by atoms with van der Waals surface area (Å²) in [6, 6.07) is 0. The third-order valence-corrected chi connectivity index (χ3v) is 2.22. The van der Waals surface area contributed by atoms with Crippen molar-refractivity contribution in [2.75, 3.05) is 0 Å². The van der Waals surface area contributed by atoms with Gasteiger partial charge in [-0.1, -0.05) is 0 Å². The van der Waals surface area contributed by atoms with E-state index in [1.807, 2.05) is 0 Å². The van der Waals surface area contributed by atoms with E-state index in [-0.39, 0.29) is 28.5 Å². The van der Waals surface area contributed by atoms with E-state index in [9.17, 15) is 45.7 Å². The number of hydrogen-bond donors (Lipinski definition) is 3. The molecule has 1 aliphatic rings. The summed E-state index contributed by atoms with van der Waals surface area (Å²) < 4.78 is 0. The van der Waals surface area contributed by atoms with Crippen LogP contribution in [0.3, 0.4) is 0 Å². The maximum atomic E-state index is 10.6. The topological polar surface area (TPSA) is 190 Å². The molecule has 0 saturated carbocycles. The maximum absolute atomic E-state index is 10.6. The molecule has 2 unspecified atom stereocenters. The Morgan fingerprint density at radius 2 is 1.63 bits per heavy atom. The van der Waals surface area contributed by atoms with Crippen molar-refractivity contribution in [3.8, 4) is 0 Å². The Morgan fingerprint density at radius 3 is 1.95 bits per heavy atom. The molecule has 1 aliphatic carbocycles. The second-order valence-electron chi connectivity index (χ2n) is 3.20. The largest absolute Gasteiger partial charge is 0.499 e. The van der Waals surface area contributed by atoms with Gasteiger partial charge in [-0.3, -0.25) is 30.3 Å². The van der Waals surface area contributed by atoms with Crippen molar-refractivity contribution in [3.05, 3.63) is 53.6 Å². The van der Waals surface area contributed by atoms with E-state index < -0.39 is 43.8 Å². The number of aliphatic hydroxyl groups is 3. The fraction of sp³-hybridized carbons (Fsp3) is 0.333. The molecule has 1 radical (unpaired) electrons. The summed E-state index contributed by atoms with van der Waals surface area (Å²) in [5, 5.41) is 59.4. The molecule has 3 N–H and O–H groups in total. The third kappa shape index (κ3) is 2.47. The van der Waals surface area contributed by atoms with Gasteiger partial charge in [0.2, 0.25) is 0 Å². The summed E-state index contributed by atoms with van der Waals surface area (Å²) in [5.41, 5.74) is -6.55. The van der Waals surface area contributed by atoms with E-state index in [1.165, 1.54) is 0 Å². The molecule has 0 aliphatic heterocycles. The fourth-order valence-electron chi connectivity index (χ4n) is 1.29. The van der Waals surface area contributed by atoms with Gasteiger partial charge in [-0.25, -0.2) is 0 Å². The first-order chi connectivity index (χ1) is 8.13. The van der Waals surface area contributed by atoms with Gasteiger partial charge < -0.3 is 15.3 Å². The smallest absolute Gasteiger partial charge is 0.423 e. The van der Waals surface area contributed by atoms with E-state index in [4.69, 9.17) is 0 Å². The van der Waals surface area contributed by atoms with Gasteiger partial charge in [-0.05, 0) is 0 Å². The monoisotopic (exact) mass is 370 g/mol. The Kier molecular flexibility index (Phi) is 4.88. The molecule has 0 saturated heterocycles. The predicted molar refractivity (Wildman–Crippen MR) is 49.7 cm³/mol. The SMILES string of the molecule is O=[N+]([O-])C1=CC([N+](=O)[O-])=C(O)C(O)([N+](=O)[O-])C1O.[Ag]. The fourth-order valence-corrected chi connectivity index (χ4v) is 1.29. The Balaban J connectivity index is 0.00000324. The molecule has 109 valence electrons. The molecule has 1 rings (SSSR count). The molecular weight excluding hydrogens is 366 g/mol. The molecule has 19 heavy (non-hydrogen) atoms. The van der Waals surface area contributed by atoms with Gasteiger partial charge in [0, 0.05) is 22.4 Å². The summed E-state index contributed by atoms with van der Waals surface area (Å²) in [5.74, 6) is -1.78. The third-order valence-electron chi connectivity index (χ3n) is 2.22. The second kappa shape index (κ2) is 5.41. The van der Waals surface area contributed by atoms with Gasteiger partial charge in [0.05, 0.1) is 20.8 Å². The minimum atomic E-state index is -3.74. The van der Waals surface area contributed by atoms with Crippen LogP contribution in [0.15, 0.2) is 23.2 Å². The summed E-state index contributed by atoms with van der Waals surface area (Å²) in [6.45, 7) is 0. The maximum Gasteiger partial charge on any atom is 0.423 e. The van der Waals surface area contributed by atoms with Crippen molar-refractivity contribution in [2.45, 2.75) is 11.8 Å². The van der Waals surface area contributed by atoms with Crippen LogP contribution in [0.4, 0.5) is 0 Å². The molecule has 13 heteroatoms. The van der Waals surface area contributed by atoms with Crippen molar-refractivity contribution in [3.63, 3.8) is 0 Å². The second-order valence-corrected chi connectivity index (χ2v) is 3.20. The molecule has 0 spiro atoms. The van der Waals surface area contributed by atoms with E-state index in [0.29, 0.717) is 0 Å². The van der Waals surface area contributed by atoms with Crippen molar-refractivity contribution in [2.24, 2.45) is 0 Å². The van der Waals surface area contributed by atoms with Crippen LogP contribution in [0.1, 0.15) is 0 Å². The van der Waals surface area contributed by atoms with Gasteiger partial charge in [0.15, 0.2) is 0 Å². The zero-order valence-corrected chi connectivity index (χ0v) is 10.1. The van der Waals surface area contributed by atoms with Crippen LogP contribution in [-0.2, 0) is 22.4 Å². The summed E-state index contributed by atoms with van der Waals surface area (Å²) >= 11 is 0. The van der Waals surface area contributed by atoms with Gasteiger partial charge in [-0.2, -0.15) is 0 Å². The van der Waals surface area contributed by atoms with E-state index in [0.717, 1.165) is 0 Å². The van der Waals surface area contributed by atoms with Gasteiger partial charge in [0.1, 0.15) is 0 Å². The van der Waals surface area contributed by atoms with Gasteiger partial charge in [0.25, 0.3) is 17.6 Å². The minimum Gasteiger partial charge on any atom is -0.499 e.